The summed E-state index contributed by atoms with van der Waals surface area (Å²) in [5, 5.41) is 1.46. The van der Waals surface area contributed by atoms with Crippen LogP contribution in [0.2, 0.25) is 10.0 Å². The van der Waals surface area contributed by atoms with Gasteiger partial charge in [-0.1, -0.05) is 30.1 Å². The molecule has 3 nitrogen and oxygen atoms in total. The molecule has 1 atom stereocenters. The van der Waals surface area contributed by atoms with Crippen molar-refractivity contribution in [2.75, 3.05) is 13.1 Å². The summed E-state index contributed by atoms with van der Waals surface area (Å²) in [7, 11) is 1.71. The normalized spacial score (nSPS) is 17.1. The summed E-state index contributed by atoms with van der Waals surface area (Å²) in [5.41, 5.74) is 2.14. The van der Waals surface area contributed by atoms with Gasteiger partial charge in [0.25, 0.3) is 5.91 Å². The fraction of sp³-hybridized carbons (Fsp3) is 0.400. The number of rotatable bonds is 3. The first-order chi connectivity index (χ1) is 15.5. The van der Waals surface area contributed by atoms with E-state index in [1.165, 1.54) is 0 Å². The molecule has 1 saturated heterocycles. The number of hydrogen-bond acceptors (Lipinski definition) is 1. The van der Waals surface area contributed by atoms with Gasteiger partial charge < -0.3 is 9.47 Å². The summed E-state index contributed by atoms with van der Waals surface area (Å²) >= 11 is 13.2. The van der Waals surface area contributed by atoms with Gasteiger partial charge in [0, 0.05) is 48.7 Å². The number of piperidine rings is 1. The number of hydrogen-bond donors (Lipinski definition) is 0. The largest absolute Gasteiger partial charge is 0.416 e. The highest BCUT2D eigenvalue weighted by atomic mass is 35.5. The maximum absolute atomic E-state index is 13.3. The van der Waals surface area contributed by atoms with Crippen molar-refractivity contribution >= 4 is 40.0 Å². The van der Waals surface area contributed by atoms with E-state index < -0.39 is 11.7 Å². The highest BCUT2D eigenvalue weighted by Gasteiger charge is 2.32. The lowest BCUT2D eigenvalue weighted by Crippen LogP contribution is -2.39. The minimum Gasteiger partial charge on any atom is -0.350 e. The first kappa shape index (κ1) is 24.0. The number of fused-ring (bicyclic) bond motifs is 1. The number of carbonyl (C=O) groups is 1. The average molecular weight is 497 g/mol. The van der Waals surface area contributed by atoms with E-state index in [2.05, 4.69) is 6.92 Å². The van der Waals surface area contributed by atoms with Crippen molar-refractivity contribution in [3.63, 3.8) is 0 Å². The summed E-state index contributed by atoms with van der Waals surface area (Å²) in [5.74, 6) is 0.321. The van der Waals surface area contributed by atoms with Crippen molar-refractivity contribution in [2.45, 2.75) is 39.3 Å². The van der Waals surface area contributed by atoms with Crippen molar-refractivity contribution in [3.8, 4) is 0 Å². The van der Waals surface area contributed by atoms with E-state index in [0.29, 0.717) is 57.7 Å². The summed E-state index contributed by atoms with van der Waals surface area (Å²) in [6.07, 6.45) is -0.263. The van der Waals surface area contributed by atoms with Gasteiger partial charge >= 0.3 is 6.18 Å². The number of benzene rings is 2. The Balaban J connectivity index is 1.74. The van der Waals surface area contributed by atoms with Gasteiger partial charge in [-0.2, -0.15) is 13.2 Å². The lowest BCUT2D eigenvalue weighted by atomic mass is 9.97. The number of carbonyl (C=O) groups excluding carboxylic acids is 1. The standard InChI is InChI=1S/C25H25Cl2F3N2O/c1-14-5-4-8-32(12-14)24(33)18-6-7-20(26)19(23(18)27)10-16-13-31(3)21-11-17(25(28,29)30)9-15(2)22(16)21/h6-7,9,11,13-14H,4-5,8,10,12H2,1-3H3/t14-/m0/s1. The molecule has 0 N–H and O–H groups in total. The minimum atomic E-state index is -4.42. The molecule has 0 saturated carbocycles. The van der Waals surface area contributed by atoms with E-state index in [4.69, 9.17) is 23.2 Å². The first-order valence-corrected chi connectivity index (χ1v) is 11.6. The Morgan fingerprint density at radius 1 is 1.21 bits per heavy atom. The van der Waals surface area contributed by atoms with Crippen molar-refractivity contribution in [3.05, 3.63) is 68.3 Å². The van der Waals surface area contributed by atoms with Gasteiger partial charge in [0.05, 0.1) is 16.1 Å². The maximum Gasteiger partial charge on any atom is 0.416 e. The van der Waals surface area contributed by atoms with Crippen LogP contribution in [0.4, 0.5) is 13.2 Å². The van der Waals surface area contributed by atoms with Crippen LogP contribution >= 0.6 is 23.2 Å². The predicted molar refractivity (Wildman–Crippen MR) is 126 cm³/mol. The Hall–Kier alpha value is -2.18. The molecule has 2 heterocycles. The van der Waals surface area contributed by atoms with Crippen LogP contribution in [0.3, 0.4) is 0 Å². The Morgan fingerprint density at radius 2 is 1.94 bits per heavy atom. The number of aromatic nitrogens is 1. The Bertz CT molecular complexity index is 1230. The smallest absolute Gasteiger partial charge is 0.350 e. The minimum absolute atomic E-state index is 0.117. The number of amides is 1. The molecule has 0 spiro atoms. The van der Waals surface area contributed by atoms with Crippen LogP contribution in [0.15, 0.2) is 30.5 Å². The van der Waals surface area contributed by atoms with Crippen molar-refractivity contribution in [2.24, 2.45) is 13.0 Å². The Kier molecular flexibility index (Phi) is 6.45. The zero-order valence-corrected chi connectivity index (χ0v) is 20.2. The molecule has 0 aliphatic carbocycles. The second-order valence-corrected chi connectivity index (χ2v) is 9.80. The third-order valence-corrected chi connectivity index (χ3v) is 7.21. The lowest BCUT2D eigenvalue weighted by Gasteiger charge is -2.31. The second kappa shape index (κ2) is 8.88. The van der Waals surface area contributed by atoms with E-state index in [9.17, 15) is 18.0 Å². The number of alkyl halides is 3. The number of halogens is 5. The van der Waals surface area contributed by atoms with Crippen LogP contribution in [-0.4, -0.2) is 28.5 Å². The van der Waals surface area contributed by atoms with Crippen LogP contribution in [0, 0.1) is 12.8 Å². The second-order valence-electron chi connectivity index (χ2n) is 9.01. The molecule has 1 aliphatic heterocycles. The van der Waals surface area contributed by atoms with Gasteiger partial charge in [0.2, 0.25) is 0 Å². The van der Waals surface area contributed by atoms with Crippen LogP contribution in [-0.2, 0) is 19.6 Å². The summed E-state index contributed by atoms with van der Waals surface area (Å²) in [6, 6.07) is 5.64. The highest BCUT2D eigenvalue weighted by Crippen LogP contribution is 2.37. The van der Waals surface area contributed by atoms with E-state index in [1.54, 1.807) is 36.9 Å². The van der Waals surface area contributed by atoms with Crippen LogP contribution in [0.25, 0.3) is 10.9 Å². The van der Waals surface area contributed by atoms with E-state index in [-0.39, 0.29) is 5.91 Å². The topological polar surface area (TPSA) is 25.2 Å². The van der Waals surface area contributed by atoms with Crippen LogP contribution in [0.1, 0.15) is 52.4 Å². The van der Waals surface area contributed by atoms with Gasteiger partial charge in [-0.05, 0) is 66.6 Å². The molecule has 1 aliphatic rings. The van der Waals surface area contributed by atoms with Gasteiger partial charge in [-0.25, -0.2) is 0 Å². The Labute approximate surface area is 201 Å². The summed E-state index contributed by atoms with van der Waals surface area (Å²) < 4.78 is 41.6. The molecular weight excluding hydrogens is 472 g/mol. The molecule has 4 rings (SSSR count). The third-order valence-electron chi connectivity index (χ3n) is 6.42. The van der Waals surface area contributed by atoms with E-state index in [0.717, 1.165) is 35.9 Å². The van der Waals surface area contributed by atoms with Crippen LogP contribution in [0.5, 0.6) is 0 Å². The quantitative estimate of drug-likeness (QED) is 0.374. The fourth-order valence-corrected chi connectivity index (χ4v) is 5.37. The molecule has 176 valence electrons. The molecular formula is C25H25Cl2F3N2O. The zero-order chi connectivity index (χ0) is 24.1. The molecule has 1 amide bonds. The van der Waals surface area contributed by atoms with E-state index >= 15 is 0 Å². The van der Waals surface area contributed by atoms with Gasteiger partial charge in [0.15, 0.2) is 0 Å². The van der Waals surface area contributed by atoms with E-state index in [1.807, 2.05) is 4.90 Å². The maximum atomic E-state index is 13.3. The number of likely N-dealkylation sites (tertiary alicyclic amines) is 1. The highest BCUT2D eigenvalue weighted by molar-refractivity contribution is 6.38. The van der Waals surface area contributed by atoms with Crippen molar-refractivity contribution in [1.29, 1.82) is 0 Å². The van der Waals surface area contributed by atoms with Gasteiger partial charge in [-0.3, -0.25) is 4.79 Å². The van der Waals surface area contributed by atoms with Crippen molar-refractivity contribution in [1.82, 2.24) is 9.47 Å². The predicted octanol–water partition coefficient (Wildman–Crippen LogP) is 7.28. The molecule has 1 fully saturated rings. The fourth-order valence-electron chi connectivity index (χ4n) is 4.79. The summed E-state index contributed by atoms with van der Waals surface area (Å²) in [4.78, 5) is 15.0. The van der Waals surface area contributed by atoms with Gasteiger partial charge in [-0.15, -0.1) is 0 Å². The SMILES string of the molecule is Cc1cc(C(F)(F)F)cc2c1c(Cc1c(Cl)ccc(C(=O)N3CCC[C@H](C)C3)c1Cl)cn2C. The molecule has 8 heteroatoms. The molecule has 0 radical (unpaired) electrons. The Morgan fingerprint density at radius 3 is 2.61 bits per heavy atom. The molecule has 1 aromatic heterocycles. The third kappa shape index (κ3) is 4.60. The van der Waals surface area contributed by atoms with Gasteiger partial charge in [0.1, 0.15) is 0 Å². The van der Waals surface area contributed by atoms with Crippen molar-refractivity contribution < 1.29 is 18.0 Å². The lowest BCUT2D eigenvalue weighted by molar-refractivity contribution is -0.137. The molecule has 0 bridgehead atoms. The molecule has 33 heavy (non-hydrogen) atoms. The molecule has 0 unspecified atom stereocenters. The van der Waals surface area contributed by atoms with Crippen LogP contribution < -0.4 is 0 Å². The zero-order valence-electron chi connectivity index (χ0n) is 18.7. The molecule has 3 aromatic rings. The average Bonchev–Trinajstić information content (AvgIpc) is 3.06. The monoisotopic (exact) mass is 496 g/mol. The number of nitrogens with zero attached hydrogens (tertiary/aromatic N) is 2. The first-order valence-electron chi connectivity index (χ1n) is 10.9. The number of aryl methyl sites for hydroxylation is 2. The summed E-state index contributed by atoms with van der Waals surface area (Å²) in [6.45, 7) is 5.18. The molecule has 2 aromatic carbocycles.